The fraction of sp³-hybridized carbons (Fsp3) is 0.500. The summed E-state index contributed by atoms with van der Waals surface area (Å²) in [6.07, 6.45) is 8.22. The highest BCUT2D eigenvalue weighted by atomic mass is 16.5. The van der Waals surface area contributed by atoms with Gasteiger partial charge in [-0.1, -0.05) is 62.2 Å². The first-order valence-electron chi connectivity index (χ1n) is 7.71. The second-order valence-electron chi connectivity index (χ2n) is 5.90. The van der Waals surface area contributed by atoms with Crippen molar-refractivity contribution < 1.29 is 9.53 Å². The second kappa shape index (κ2) is 5.92. The summed E-state index contributed by atoms with van der Waals surface area (Å²) in [4.78, 5) is 12.8. The molecule has 2 aliphatic rings. The summed E-state index contributed by atoms with van der Waals surface area (Å²) in [7, 11) is 0. The monoisotopic (exact) mass is 270 g/mol. The zero-order chi connectivity index (χ0) is 13.9. The van der Waals surface area contributed by atoms with E-state index < -0.39 is 0 Å². The average molecular weight is 270 g/mol. The molecule has 0 saturated carbocycles. The third-order valence-electron chi connectivity index (χ3n) is 4.50. The van der Waals surface area contributed by atoms with Crippen LogP contribution in [0.25, 0.3) is 0 Å². The maximum atomic E-state index is 12.8. The lowest BCUT2D eigenvalue weighted by Crippen LogP contribution is -2.44. The SMILES string of the molecule is CCCC[C@@H]1C(=O)[C@H](Cc2ccccc2)[C@@H]2C=C[C@H]1O2. The van der Waals surface area contributed by atoms with Gasteiger partial charge in [-0.3, -0.25) is 4.79 Å². The number of benzene rings is 1. The first kappa shape index (κ1) is 13.6. The first-order valence-corrected chi connectivity index (χ1v) is 7.71. The number of rotatable bonds is 5. The van der Waals surface area contributed by atoms with Crippen LogP contribution in [0.15, 0.2) is 42.5 Å². The molecule has 0 N–H and O–H groups in total. The highest BCUT2D eigenvalue weighted by molar-refractivity contribution is 5.86. The molecular weight excluding hydrogens is 248 g/mol. The molecule has 1 fully saturated rings. The van der Waals surface area contributed by atoms with Gasteiger partial charge in [0.25, 0.3) is 0 Å². The van der Waals surface area contributed by atoms with Crippen molar-refractivity contribution >= 4 is 5.78 Å². The average Bonchev–Trinajstić information content (AvgIpc) is 2.91. The van der Waals surface area contributed by atoms with Crippen LogP contribution in [0.4, 0.5) is 0 Å². The number of hydrogen-bond donors (Lipinski definition) is 0. The van der Waals surface area contributed by atoms with Gasteiger partial charge in [-0.05, 0) is 18.4 Å². The summed E-state index contributed by atoms with van der Waals surface area (Å²) < 4.78 is 6.03. The zero-order valence-electron chi connectivity index (χ0n) is 12.0. The van der Waals surface area contributed by atoms with Gasteiger partial charge in [0.2, 0.25) is 0 Å². The molecule has 2 nitrogen and oxygen atoms in total. The number of unbranched alkanes of at least 4 members (excludes halogenated alkanes) is 1. The van der Waals surface area contributed by atoms with E-state index >= 15 is 0 Å². The highest BCUT2D eigenvalue weighted by Crippen LogP contribution is 2.37. The number of fused-ring (bicyclic) bond motifs is 2. The Morgan fingerprint density at radius 1 is 1.05 bits per heavy atom. The molecule has 0 radical (unpaired) electrons. The predicted octanol–water partition coefficient (Wildman–Crippen LogP) is 3.56. The van der Waals surface area contributed by atoms with Crippen molar-refractivity contribution in [2.24, 2.45) is 11.8 Å². The Balaban J connectivity index is 1.76. The van der Waals surface area contributed by atoms with E-state index in [-0.39, 0.29) is 24.0 Å². The molecule has 0 aromatic heterocycles. The van der Waals surface area contributed by atoms with Gasteiger partial charge in [-0.25, -0.2) is 0 Å². The van der Waals surface area contributed by atoms with Crippen molar-refractivity contribution in [2.45, 2.75) is 44.8 Å². The largest absolute Gasteiger partial charge is 0.365 e. The van der Waals surface area contributed by atoms with Gasteiger partial charge in [-0.15, -0.1) is 0 Å². The summed E-state index contributed by atoms with van der Waals surface area (Å²) in [5.74, 6) is 0.474. The standard InChI is InChI=1S/C18H22O2/c1-2-3-9-14-16-10-11-17(20-16)15(18(14)19)12-13-7-5-4-6-8-13/h4-8,10-11,14-17H,2-3,9,12H2,1H3/t14-,15+,16+,17-/m0/s1. The molecule has 1 aromatic carbocycles. The minimum atomic E-state index is -0.00872. The summed E-state index contributed by atoms with van der Waals surface area (Å²) in [5.41, 5.74) is 1.22. The maximum Gasteiger partial charge on any atom is 0.145 e. The van der Waals surface area contributed by atoms with Gasteiger partial charge < -0.3 is 4.74 Å². The Hall–Kier alpha value is -1.41. The number of ketones is 1. The molecule has 3 rings (SSSR count). The molecule has 0 unspecified atom stereocenters. The lowest BCUT2D eigenvalue weighted by molar-refractivity contribution is -0.145. The molecule has 2 heterocycles. The van der Waals surface area contributed by atoms with E-state index in [0.717, 1.165) is 25.7 Å². The number of carbonyl (C=O) groups excluding carboxylic acids is 1. The van der Waals surface area contributed by atoms with Crippen LogP contribution in [0.3, 0.4) is 0 Å². The molecule has 2 aliphatic heterocycles. The molecule has 20 heavy (non-hydrogen) atoms. The molecule has 106 valence electrons. The van der Waals surface area contributed by atoms with Crippen LogP contribution in [-0.4, -0.2) is 18.0 Å². The predicted molar refractivity (Wildman–Crippen MR) is 79.5 cm³/mol. The Kier molecular flexibility index (Phi) is 4.02. The van der Waals surface area contributed by atoms with E-state index in [1.165, 1.54) is 5.56 Å². The number of Topliss-reactive ketones (excluding diaryl/α,β-unsaturated/α-hetero) is 1. The Morgan fingerprint density at radius 3 is 2.45 bits per heavy atom. The third-order valence-corrected chi connectivity index (χ3v) is 4.50. The van der Waals surface area contributed by atoms with Crippen LogP contribution in [-0.2, 0) is 16.0 Å². The maximum absolute atomic E-state index is 12.8. The van der Waals surface area contributed by atoms with E-state index in [1.807, 2.05) is 18.2 Å². The van der Waals surface area contributed by atoms with Crippen molar-refractivity contribution in [3.63, 3.8) is 0 Å². The number of ether oxygens (including phenoxy) is 1. The summed E-state index contributed by atoms with van der Waals surface area (Å²) in [6.45, 7) is 2.17. The molecule has 0 spiro atoms. The van der Waals surface area contributed by atoms with Crippen molar-refractivity contribution in [1.29, 1.82) is 0 Å². The minimum Gasteiger partial charge on any atom is -0.365 e. The van der Waals surface area contributed by atoms with Crippen LogP contribution in [0, 0.1) is 11.8 Å². The normalized spacial score (nSPS) is 31.8. The van der Waals surface area contributed by atoms with Gasteiger partial charge in [0.15, 0.2) is 0 Å². The lowest BCUT2D eigenvalue weighted by Gasteiger charge is -2.34. The molecule has 2 bridgehead atoms. The number of hydrogen-bond acceptors (Lipinski definition) is 2. The summed E-state index contributed by atoms with van der Waals surface area (Å²) >= 11 is 0. The lowest BCUT2D eigenvalue weighted by atomic mass is 9.80. The molecule has 2 heteroatoms. The fourth-order valence-corrected chi connectivity index (χ4v) is 3.36. The highest BCUT2D eigenvalue weighted by Gasteiger charge is 2.45. The van der Waals surface area contributed by atoms with Crippen LogP contribution < -0.4 is 0 Å². The van der Waals surface area contributed by atoms with E-state index in [9.17, 15) is 4.79 Å². The van der Waals surface area contributed by atoms with E-state index in [0.29, 0.717) is 5.78 Å². The Bertz CT molecular complexity index is 491. The molecular formula is C18H22O2. The molecule has 4 atom stereocenters. The van der Waals surface area contributed by atoms with Crippen molar-refractivity contribution in [2.75, 3.05) is 0 Å². The Labute approximate surface area is 120 Å². The van der Waals surface area contributed by atoms with Gasteiger partial charge >= 0.3 is 0 Å². The minimum absolute atomic E-state index is 0.00532. The summed E-state index contributed by atoms with van der Waals surface area (Å²) in [6, 6.07) is 10.3. The van der Waals surface area contributed by atoms with Gasteiger partial charge in [0.05, 0.1) is 18.1 Å². The second-order valence-corrected chi connectivity index (χ2v) is 5.90. The third kappa shape index (κ3) is 2.57. The van der Waals surface area contributed by atoms with Gasteiger partial charge in [0, 0.05) is 5.92 Å². The molecule has 0 amide bonds. The molecule has 1 aromatic rings. The topological polar surface area (TPSA) is 26.3 Å². The molecule has 1 saturated heterocycles. The smallest absolute Gasteiger partial charge is 0.145 e. The summed E-state index contributed by atoms with van der Waals surface area (Å²) in [5, 5.41) is 0. The first-order chi connectivity index (χ1) is 9.79. The van der Waals surface area contributed by atoms with Crippen LogP contribution in [0.2, 0.25) is 0 Å². The van der Waals surface area contributed by atoms with E-state index in [1.54, 1.807) is 0 Å². The van der Waals surface area contributed by atoms with E-state index in [2.05, 4.69) is 31.2 Å². The van der Waals surface area contributed by atoms with Gasteiger partial charge in [0.1, 0.15) is 5.78 Å². The van der Waals surface area contributed by atoms with Crippen LogP contribution in [0.1, 0.15) is 31.7 Å². The Morgan fingerprint density at radius 2 is 1.75 bits per heavy atom. The molecule has 0 aliphatic carbocycles. The zero-order valence-corrected chi connectivity index (χ0v) is 12.0. The quantitative estimate of drug-likeness (QED) is 0.765. The number of carbonyl (C=O) groups is 1. The fourth-order valence-electron chi connectivity index (χ4n) is 3.36. The van der Waals surface area contributed by atoms with Crippen LogP contribution in [0.5, 0.6) is 0 Å². The van der Waals surface area contributed by atoms with Crippen molar-refractivity contribution in [1.82, 2.24) is 0 Å². The van der Waals surface area contributed by atoms with Gasteiger partial charge in [-0.2, -0.15) is 0 Å². The van der Waals surface area contributed by atoms with Crippen molar-refractivity contribution in [3.8, 4) is 0 Å². The van der Waals surface area contributed by atoms with Crippen LogP contribution >= 0.6 is 0 Å². The van der Waals surface area contributed by atoms with Crippen molar-refractivity contribution in [3.05, 3.63) is 48.0 Å². The van der Waals surface area contributed by atoms with E-state index in [4.69, 9.17) is 4.74 Å².